The molecule has 0 aliphatic carbocycles. The van der Waals surface area contributed by atoms with E-state index in [1.54, 1.807) is 6.92 Å². The minimum Gasteiger partial charge on any atom is -0.462 e. The van der Waals surface area contributed by atoms with Gasteiger partial charge in [-0.15, -0.1) is 0 Å². The zero-order chi connectivity index (χ0) is 22.8. The summed E-state index contributed by atoms with van der Waals surface area (Å²) in [6.45, 7) is 2.23. The van der Waals surface area contributed by atoms with Crippen molar-refractivity contribution < 1.29 is 36.6 Å². The molecule has 2 aliphatic rings. The van der Waals surface area contributed by atoms with Gasteiger partial charge in [-0.3, -0.25) is 4.79 Å². The largest absolute Gasteiger partial charge is 0.462 e. The standard InChI is InChI=1S/C20H21ClFNO7S/c1-11-16(20(25)30-7-6-29-12(2)24)18(17-13(21)4-3-5-14(17)22)19-15(23-11)10-28-8-9-31(19,26)27/h3-5,18,23H,6-10H2,1-2H3. The molecule has 2 aliphatic heterocycles. The van der Waals surface area contributed by atoms with Crippen molar-refractivity contribution in [3.05, 3.63) is 56.5 Å². The molecule has 1 N–H and O–H groups in total. The first-order valence-corrected chi connectivity index (χ1v) is 11.4. The molecule has 3 rings (SSSR count). The molecular formula is C20H21ClFNO7S. The second kappa shape index (κ2) is 9.37. The molecule has 1 aromatic carbocycles. The first-order chi connectivity index (χ1) is 14.6. The van der Waals surface area contributed by atoms with Crippen LogP contribution in [0.1, 0.15) is 25.3 Å². The molecule has 0 saturated carbocycles. The minimum atomic E-state index is -3.92. The summed E-state index contributed by atoms with van der Waals surface area (Å²) < 4.78 is 56.4. The summed E-state index contributed by atoms with van der Waals surface area (Å²) in [5, 5.41) is 2.87. The van der Waals surface area contributed by atoms with Crippen molar-refractivity contribution in [2.75, 3.05) is 32.2 Å². The number of carbonyl (C=O) groups is 2. The summed E-state index contributed by atoms with van der Waals surface area (Å²) in [6.07, 6.45) is 0. The monoisotopic (exact) mass is 473 g/mol. The van der Waals surface area contributed by atoms with E-state index < -0.39 is 33.5 Å². The normalized spacial score (nSPS) is 20.5. The van der Waals surface area contributed by atoms with Crippen LogP contribution in [0, 0.1) is 5.82 Å². The van der Waals surface area contributed by atoms with Crippen molar-refractivity contribution in [3.8, 4) is 0 Å². The molecule has 0 saturated heterocycles. The van der Waals surface area contributed by atoms with Gasteiger partial charge in [-0.05, 0) is 19.1 Å². The second-order valence-electron chi connectivity index (χ2n) is 6.92. The number of hydrogen-bond donors (Lipinski definition) is 1. The number of halogens is 2. The molecule has 8 nitrogen and oxygen atoms in total. The van der Waals surface area contributed by atoms with E-state index in [0.29, 0.717) is 0 Å². The average molecular weight is 474 g/mol. The fourth-order valence-electron chi connectivity index (χ4n) is 3.53. The summed E-state index contributed by atoms with van der Waals surface area (Å²) in [5.41, 5.74) is 0.256. The Balaban J connectivity index is 2.11. The Morgan fingerprint density at radius 2 is 2.00 bits per heavy atom. The Hall–Kier alpha value is -2.43. The lowest BCUT2D eigenvalue weighted by molar-refractivity contribution is -0.148. The maximum Gasteiger partial charge on any atom is 0.336 e. The number of benzene rings is 1. The highest BCUT2D eigenvalue weighted by atomic mass is 35.5. The number of sulfone groups is 1. The van der Waals surface area contributed by atoms with Crippen LogP contribution in [-0.2, 0) is 33.6 Å². The Kier molecular flexibility index (Phi) is 7.03. The van der Waals surface area contributed by atoms with Gasteiger partial charge >= 0.3 is 11.9 Å². The summed E-state index contributed by atoms with van der Waals surface area (Å²) in [5.74, 6) is -3.83. The number of ether oxygens (including phenoxy) is 3. The number of nitrogens with one attached hydrogen (secondary N) is 1. The molecular weight excluding hydrogens is 453 g/mol. The predicted octanol–water partition coefficient (Wildman–Crippen LogP) is 2.20. The van der Waals surface area contributed by atoms with Crippen LogP contribution in [0.5, 0.6) is 0 Å². The van der Waals surface area contributed by atoms with Crippen molar-refractivity contribution in [2.45, 2.75) is 19.8 Å². The zero-order valence-electron chi connectivity index (χ0n) is 16.9. The maximum absolute atomic E-state index is 14.9. The van der Waals surface area contributed by atoms with Crippen LogP contribution in [0.2, 0.25) is 5.02 Å². The molecule has 0 spiro atoms. The van der Waals surface area contributed by atoms with Gasteiger partial charge in [0.05, 0.1) is 41.1 Å². The first-order valence-electron chi connectivity index (χ1n) is 9.39. The SMILES string of the molecule is CC(=O)OCCOC(=O)C1=C(C)NC2=C(C1c1c(F)cccc1Cl)S(=O)(=O)CCOC2. The van der Waals surface area contributed by atoms with Gasteiger partial charge in [0.15, 0.2) is 9.84 Å². The van der Waals surface area contributed by atoms with Gasteiger partial charge in [-0.1, -0.05) is 17.7 Å². The van der Waals surface area contributed by atoms with Crippen molar-refractivity contribution in [1.29, 1.82) is 0 Å². The summed E-state index contributed by atoms with van der Waals surface area (Å²) in [7, 11) is -3.92. The van der Waals surface area contributed by atoms with Gasteiger partial charge < -0.3 is 19.5 Å². The topological polar surface area (TPSA) is 108 Å². The quantitative estimate of drug-likeness (QED) is 0.512. The number of allylic oxidation sites excluding steroid dienone is 2. The van der Waals surface area contributed by atoms with Crippen molar-refractivity contribution in [1.82, 2.24) is 5.32 Å². The van der Waals surface area contributed by atoms with Crippen LogP contribution in [0.15, 0.2) is 40.1 Å². The summed E-state index contributed by atoms with van der Waals surface area (Å²) >= 11 is 6.27. The highest BCUT2D eigenvalue weighted by Gasteiger charge is 2.43. The number of esters is 2. The lowest BCUT2D eigenvalue weighted by Gasteiger charge is -2.31. The van der Waals surface area contributed by atoms with Crippen molar-refractivity contribution in [2.24, 2.45) is 0 Å². The number of rotatable bonds is 5. The molecule has 11 heteroatoms. The van der Waals surface area contributed by atoms with E-state index in [2.05, 4.69) is 5.32 Å². The second-order valence-corrected chi connectivity index (χ2v) is 9.41. The number of dihydropyridines is 1. The van der Waals surface area contributed by atoms with E-state index >= 15 is 0 Å². The van der Waals surface area contributed by atoms with E-state index in [4.69, 9.17) is 25.8 Å². The van der Waals surface area contributed by atoms with Gasteiger partial charge in [0.1, 0.15) is 19.0 Å². The molecule has 1 atom stereocenters. The molecule has 0 aromatic heterocycles. The third-order valence-corrected chi connectivity index (χ3v) is 6.98. The molecule has 0 fully saturated rings. The fraction of sp³-hybridized carbons (Fsp3) is 0.400. The van der Waals surface area contributed by atoms with E-state index in [1.807, 2.05) is 0 Å². The number of carbonyl (C=O) groups excluding carboxylic acids is 2. The third kappa shape index (κ3) is 4.91. The van der Waals surface area contributed by atoms with Gasteiger partial charge in [0, 0.05) is 23.2 Å². The summed E-state index contributed by atoms with van der Waals surface area (Å²) in [4.78, 5) is 23.7. The Morgan fingerprint density at radius 3 is 2.68 bits per heavy atom. The smallest absolute Gasteiger partial charge is 0.336 e. The average Bonchev–Trinajstić information content (AvgIpc) is 2.82. The molecule has 31 heavy (non-hydrogen) atoms. The maximum atomic E-state index is 14.9. The summed E-state index contributed by atoms with van der Waals surface area (Å²) in [6, 6.07) is 3.94. The van der Waals surface area contributed by atoms with Crippen LogP contribution >= 0.6 is 11.6 Å². The molecule has 0 radical (unpaired) electrons. The van der Waals surface area contributed by atoms with Crippen LogP contribution in [0.25, 0.3) is 0 Å². The van der Waals surface area contributed by atoms with E-state index in [1.165, 1.54) is 19.1 Å². The van der Waals surface area contributed by atoms with Crippen LogP contribution in [-0.4, -0.2) is 52.5 Å². The van der Waals surface area contributed by atoms with Gasteiger partial charge in [-0.2, -0.15) is 0 Å². The van der Waals surface area contributed by atoms with Crippen LogP contribution < -0.4 is 5.32 Å². The van der Waals surface area contributed by atoms with Crippen LogP contribution in [0.4, 0.5) is 4.39 Å². The predicted molar refractivity (Wildman–Crippen MR) is 109 cm³/mol. The van der Waals surface area contributed by atoms with E-state index in [-0.39, 0.29) is 64.6 Å². The molecule has 168 valence electrons. The van der Waals surface area contributed by atoms with Crippen molar-refractivity contribution >= 4 is 33.4 Å². The lowest BCUT2D eigenvalue weighted by Crippen LogP contribution is -2.34. The molecule has 1 unspecified atom stereocenters. The Morgan fingerprint density at radius 1 is 1.29 bits per heavy atom. The molecule has 2 heterocycles. The lowest BCUT2D eigenvalue weighted by atomic mass is 9.86. The molecule has 1 aromatic rings. The van der Waals surface area contributed by atoms with E-state index in [0.717, 1.165) is 6.07 Å². The van der Waals surface area contributed by atoms with Crippen LogP contribution in [0.3, 0.4) is 0 Å². The first kappa shape index (κ1) is 23.2. The van der Waals surface area contributed by atoms with Gasteiger partial charge in [0.2, 0.25) is 0 Å². The van der Waals surface area contributed by atoms with E-state index in [9.17, 15) is 22.4 Å². The highest BCUT2D eigenvalue weighted by molar-refractivity contribution is 7.95. The highest BCUT2D eigenvalue weighted by Crippen LogP contribution is 2.45. The minimum absolute atomic E-state index is 0.0304. The molecule has 0 amide bonds. The Labute approximate surface area is 183 Å². The van der Waals surface area contributed by atoms with Crippen molar-refractivity contribution in [3.63, 3.8) is 0 Å². The fourth-order valence-corrected chi connectivity index (χ4v) is 5.44. The zero-order valence-corrected chi connectivity index (χ0v) is 18.4. The van der Waals surface area contributed by atoms with Gasteiger partial charge in [0.25, 0.3) is 0 Å². The Bertz CT molecular complexity index is 1060. The third-order valence-electron chi connectivity index (χ3n) is 4.80. The molecule has 0 bridgehead atoms. The number of hydrogen-bond acceptors (Lipinski definition) is 8. The van der Waals surface area contributed by atoms with Gasteiger partial charge in [-0.25, -0.2) is 17.6 Å².